The Kier molecular flexibility index (Phi) is 7.97. The van der Waals surface area contributed by atoms with Crippen molar-refractivity contribution in [2.75, 3.05) is 0 Å². The molecule has 0 saturated carbocycles. The molecule has 94 valence electrons. The van der Waals surface area contributed by atoms with Gasteiger partial charge in [-0.1, -0.05) is 18.7 Å². The predicted molar refractivity (Wildman–Crippen MR) is 57.1 cm³/mol. The van der Waals surface area contributed by atoms with E-state index in [0.717, 1.165) is 6.07 Å². The summed E-state index contributed by atoms with van der Waals surface area (Å²) in [4.78, 5) is -2.09. The fourth-order valence-corrected chi connectivity index (χ4v) is 3.33. The van der Waals surface area contributed by atoms with E-state index in [1.54, 1.807) is 0 Å². The van der Waals surface area contributed by atoms with Gasteiger partial charge in [0, 0.05) is 0 Å². The van der Waals surface area contributed by atoms with E-state index >= 15 is 0 Å². The van der Waals surface area contributed by atoms with E-state index in [0.29, 0.717) is 0 Å². The Morgan fingerprint density at radius 2 is 1.53 bits per heavy atom. The molecule has 0 amide bonds. The molecule has 1 aromatic rings. The van der Waals surface area contributed by atoms with E-state index < -0.39 is 30.0 Å². The average Bonchev–Trinajstić information content (AvgIpc) is 2.13. The maximum Gasteiger partial charge on any atom is 1.00 e. The van der Waals surface area contributed by atoms with Crippen LogP contribution in [0.25, 0.3) is 5.57 Å². The van der Waals surface area contributed by atoms with E-state index in [2.05, 4.69) is 6.58 Å². The van der Waals surface area contributed by atoms with Gasteiger partial charge in [0.2, 0.25) is 0 Å². The van der Waals surface area contributed by atoms with Gasteiger partial charge in [-0.05, 0) is 24.1 Å². The summed E-state index contributed by atoms with van der Waals surface area (Å²) >= 11 is 0. The molecule has 0 aromatic heterocycles. The van der Waals surface area contributed by atoms with E-state index in [4.69, 9.17) is 0 Å². The molecule has 0 fully saturated rings. The maximum absolute atomic E-state index is 11.0. The molecule has 0 heterocycles. The summed E-state index contributed by atoms with van der Waals surface area (Å²) in [6, 6.07) is 3.16. The van der Waals surface area contributed by atoms with Crippen molar-refractivity contribution in [1.29, 1.82) is 0 Å². The van der Waals surface area contributed by atoms with E-state index in [9.17, 15) is 25.9 Å². The normalized spacial score (nSPS) is 11.1. The van der Waals surface area contributed by atoms with Gasteiger partial charge in [-0.25, -0.2) is 16.8 Å². The minimum atomic E-state index is -5.08. The fourth-order valence-electron chi connectivity index (χ4n) is 1.31. The van der Waals surface area contributed by atoms with Crippen molar-refractivity contribution < 1.29 is 63.7 Å². The Morgan fingerprint density at radius 3 is 1.84 bits per heavy atom. The van der Waals surface area contributed by atoms with E-state index in [1.165, 1.54) is 19.1 Å². The molecular formula is C9H8Li2O6S2. The summed E-state index contributed by atoms with van der Waals surface area (Å²) < 4.78 is 65.7. The molecule has 0 spiro atoms. The summed E-state index contributed by atoms with van der Waals surface area (Å²) in [5.74, 6) is 0. The molecule has 0 bridgehead atoms. The van der Waals surface area contributed by atoms with Gasteiger partial charge in [0.05, 0.1) is 9.79 Å². The second-order valence-corrected chi connectivity index (χ2v) is 5.99. The van der Waals surface area contributed by atoms with Crippen molar-refractivity contribution in [1.82, 2.24) is 0 Å². The third-order valence-corrected chi connectivity index (χ3v) is 3.91. The Bertz CT molecular complexity index is 679. The first-order valence-electron chi connectivity index (χ1n) is 4.26. The topological polar surface area (TPSA) is 114 Å². The van der Waals surface area contributed by atoms with Crippen LogP contribution in [0, 0.1) is 0 Å². The van der Waals surface area contributed by atoms with Crippen LogP contribution < -0.4 is 37.7 Å². The quantitative estimate of drug-likeness (QED) is 0.405. The molecule has 0 atom stereocenters. The van der Waals surface area contributed by atoms with Crippen LogP contribution in [0.3, 0.4) is 0 Å². The molecule has 0 saturated heterocycles. The zero-order chi connectivity index (χ0) is 13.4. The first-order valence-corrected chi connectivity index (χ1v) is 7.07. The second-order valence-electron chi connectivity index (χ2n) is 3.32. The van der Waals surface area contributed by atoms with Gasteiger partial charge in [-0.2, -0.15) is 0 Å². The molecule has 19 heavy (non-hydrogen) atoms. The average molecular weight is 290 g/mol. The molecule has 6 nitrogen and oxygen atoms in total. The molecule has 1 rings (SSSR count). The van der Waals surface area contributed by atoms with Crippen molar-refractivity contribution in [3.05, 3.63) is 30.3 Å². The summed E-state index contributed by atoms with van der Waals surface area (Å²) in [5, 5.41) is 0. The largest absolute Gasteiger partial charge is 1.00 e. The summed E-state index contributed by atoms with van der Waals surface area (Å²) in [5.41, 5.74) is 0.00171. The molecule has 0 aliphatic rings. The summed E-state index contributed by atoms with van der Waals surface area (Å²) in [6.45, 7) is 4.82. The smallest absolute Gasteiger partial charge is 0.744 e. The van der Waals surface area contributed by atoms with Gasteiger partial charge in [0.15, 0.2) is 0 Å². The summed E-state index contributed by atoms with van der Waals surface area (Å²) in [6.07, 6.45) is 0. The monoisotopic (exact) mass is 290 g/mol. The molecule has 0 N–H and O–H groups in total. The fraction of sp³-hybridized carbons (Fsp3) is 0.111. The number of hydrogen-bond donors (Lipinski definition) is 0. The Hall–Kier alpha value is -0.0252. The van der Waals surface area contributed by atoms with Crippen LogP contribution in [0.5, 0.6) is 0 Å². The van der Waals surface area contributed by atoms with Crippen LogP contribution in [0.15, 0.2) is 34.6 Å². The zero-order valence-corrected chi connectivity index (χ0v) is 12.3. The SMILES string of the molecule is C=C(C)c1cccc(S(=O)(=O)[O-])c1S(=O)(=O)[O-].[Li+].[Li+]. The molecule has 10 heteroatoms. The third kappa shape index (κ3) is 5.11. The predicted octanol–water partition coefficient (Wildman–Crippen LogP) is -5.46. The summed E-state index contributed by atoms with van der Waals surface area (Å²) in [7, 11) is -10.1. The molecule has 0 aliphatic heterocycles. The first-order chi connectivity index (χ1) is 7.55. The zero-order valence-electron chi connectivity index (χ0n) is 10.7. The van der Waals surface area contributed by atoms with Gasteiger partial charge in [0.25, 0.3) is 0 Å². The second kappa shape index (κ2) is 7.12. The van der Waals surface area contributed by atoms with Crippen molar-refractivity contribution in [3.8, 4) is 0 Å². The minimum absolute atomic E-state index is 0. The van der Waals surface area contributed by atoms with E-state index in [-0.39, 0.29) is 48.9 Å². The first kappa shape index (κ1) is 21.3. The molecule has 1 aromatic carbocycles. The van der Waals surface area contributed by atoms with Crippen molar-refractivity contribution in [3.63, 3.8) is 0 Å². The van der Waals surface area contributed by atoms with Gasteiger partial charge in [-0.3, -0.25) is 0 Å². The number of hydrogen-bond acceptors (Lipinski definition) is 6. The molecule has 0 radical (unpaired) electrons. The number of rotatable bonds is 3. The van der Waals surface area contributed by atoms with Crippen molar-refractivity contribution in [2.45, 2.75) is 16.7 Å². The van der Waals surface area contributed by atoms with Crippen molar-refractivity contribution in [2.24, 2.45) is 0 Å². The van der Waals surface area contributed by atoms with Crippen LogP contribution in [-0.2, 0) is 20.2 Å². The molecular weight excluding hydrogens is 282 g/mol. The van der Waals surface area contributed by atoms with Gasteiger partial charge >= 0.3 is 37.7 Å². The van der Waals surface area contributed by atoms with Crippen LogP contribution in [0.4, 0.5) is 0 Å². The standard InChI is InChI=1S/C9H10O6S2.2Li/c1-6(2)7-4-3-5-8(16(10,11)12)9(7)17(13,14)15;;/h3-5H,1H2,2H3,(H,10,11,12)(H,13,14,15);;/q;2*+1/p-2. The van der Waals surface area contributed by atoms with Gasteiger partial charge in [0.1, 0.15) is 20.2 Å². The Labute approximate surface area is 136 Å². The Morgan fingerprint density at radius 1 is 1.05 bits per heavy atom. The van der Waals surface area contributed by atoms with Gasteiger partial charge in [-0.15, -0.1) is 0 Å². The Balaban J connectivity index is 0. The van der Waals surface area contributed by atoms with E-state index in [1.807, 2.05) is 0 Å². The van der Waals surface area contributed by atoms with Crippen molar-refractivity contribution >= 4 is 25.8 Å². The van der Waals surface area contributed by atoms with Gasteiger partial charge < -0.3 is 9.11 Å². The van der Waals surface area contributed by atoms with Crippen LogP contribution >= 0.6 is 0 Å². The molecule has 0 aliphatic carbocycles. The number of benzene rings is 1. The minimum Gasteiger partial charge on any atom is -0.744 e. The van der Waals surface area contributed by atoms with Crippen LogP contribution in [0.1, 0.15) is 12.5 Å². The number of allylic oxidation sites excluding steroid dienone is 1. The third-order valence-electron chi connectivity index (χ3n) is 1.96. The maximum atomic E-state index is 11.0. The van der Waals surface area contributed by atoms with Crippen LogP contribution in [0.2, 0.25) is 0 Å². The molecule has 0 unspecified atom stereocenters. The van der Waals surface area contributed by atoms with Crippen LogP contribution in [-0.4, -0.2) is 25.9 Å².